The molecule has 4 nitrogen and oxygen atoms in total. The fraction of sp³-hybridized carbons (Fsp3) is 0.174. The van der Waals surface area contributed by atoms with Gasteiger partial charge in [-0.1, -0.05) is 54.1 Å². The van der Waals surface area contributed by atoms with Gasteiger partial charge in [0, 0.05) is 29.4 Å². The summed E-state index contributed by atoms with van der Waals surface area (Å²) >= 11 is 6.24. The van der Waals surface area contributed by atoms with E-state index in [2.05, 4.69) is 17.4 Å². The molecular formula is C23H22ClNO3. The second kappa shape index (κ2) is 9.29. The van der Waals surface area contributed by atoms with Gasteiger partial charge in [-0.05, 0) is 30.2 Å². The van der Waals surface area contributed by atoms with Crippen LogP contribution in [0.5, 0.6) is 11.5 Å². The molecule has 0 saturated carbocycles. The predicted octanol–water partition coefficient (Wildman–Crippen LogP) is 5.24. The van der Waals surface area contributed by atoms with Crippen molar-refractivity contribution in [1.29, 1.82) is 0 Å². The Morgan fingerprint density at radius 1 is 0.893 bits per heavy atom. The second-order valence-electron chi connectivity index (χ2n) is 6.22. The summed E-state index contributed by atoms with van der Waals surface area (Å²) < 4.78 is 10.8. The molecule has 0 saturated heterocycles. The third-order valence-corrected chi connectivity index (χ3v) is 4.79. The summed E-state index contributed by atoms with van der Waals surface area (Å²) in [6.45, 7) is 0.669. The first-order valence-electron chi connectivity index (χ1n) is 8.97. The van der Waals surface area contributed by atoms with Crippen LogP contribution in [-0.4, -0.2) is 26.5 Å². The summed E-state index contributed by atoms with van der Waals surface area (Å²) in [4.78, 5) is 13.2. The predicted molar refractivity (Wildman–Crippen MR) is 113 cm³/mol. The minimum Gasteiger partial charge on any atom is -0.493 e. The molecule has 0 aliphatic carbocycles. The molecule has 0 heterocycles. The van der Waals surface area contributed by atoms with Gasteiger partial charge in [-0.15, -0.1) is 0 Å². The van der Waals surface area contributed by atoms with Crippen LogP contribution in [-0.2, 0) is 6.42 Å². The smallest absolute Gasteiger partial charge is 0.196 e. The van der Waals surface area contributed by atoms with Gasteiger partial charge in [0.05, 0.1) is 19.2 Å². The lowest BCUT2D eigenvalue weighted by Crippen LogP contribution is -2.12. The van der Waals surface area contributed by atoms with Crippen molar-refractivity contribution in [3.05, 3.63) is 88.4 Å². The minimum absolute atomic E-state index is 0.172. The SMILES string of the molecule is COc1cc(NCCc2ccccc2)c(C(=O)c2ccccc2Cl)cc1OC. The largest absolute Gasteiger partial charge is 0.493 e. The third kappa shape index (κ3) is 4.46. The first-order valence-corrected chi connectivity index (χ1v) is 9.35. The maximum Gasteiger partial charge on any atom is 0.196 e. The van der Waals surface area contributed by atoms with Crippen LogP contribution in [0.2, 0.25) is 5.02 Å². The molecule has 0 spiro atoms. The Hall–Kier alpha value is -2.98. The summed E-state index contributed by atoms with van der Waals surface area (Å²) in [5.74, 6) is 0.876. The lowest BCUT2D eigenvalue weighted by Gasteiger charge is -2.16. The lowest BCUT2D eigenvalue weighted by atomic mass is 10.0. The quantitative estimate of drug-likeness (QED) is 0.529. The fourth-order valence-electron chi connectivity index (χ4n) is 2.99. The summed E-state index contributed by atoms with van der Waals surface area (Å²) in [5.41, 5.74) is 2.83. The van der Waals surface area contributed by atoms with Crippen LogP contribution in [0.1, 0.15) is 21.5 Å². The molecule has 0 aromatic heterocycles. The number of methoxy groups -OCH3 is 2. The molecule has 0 unspecified atom stereocenters. The highest BCUT2D eigenvalue weighted by molar-refractivity contribution is 6.35. The number of ketones is 1. The number of halogens is 1. The summed E-state index contributed by atoms with van der Waals surface area (Å²) in [6.07, 6.45) is 0.828. The van der Waals surface area contributed by atoms with Crippen molar-refractivity contribution in [2.45, 2.75) is 6.42 Å². The molecule has 28 heavy (non-hydrogen) atoms. The summed E-state index contributed by atoms with van der Waals surface area (Å²) in [6, 6.07) is 20.7. The highest BCUT2D eigenvalue weighted by Gasteiger charge is 2.20. The standard InChI is InChI=1S/C23H22ClNO3/c1-27-21-14-18(23(26)17-10-6-7-11-19(17)24)20(15-22(21)28-2)25-13-12-16-8-4-3-5-9-16/h3-11,14-15,25H,12-13H2,1-2H3. The molecular weight excluding hydrogens is 374 g/mol. The average Bonchev–Trinajstić information content (AvgIpc) is 2.74. The molecule has 0 aliphatic heterocycles. The molecule has 0 bridgehead atoms. The molecule has 0 radical (unpaired) electrons. The number of hydrogen-bond donors (Lipinski definition) is 1. The lowest BCUT2D eigenvalue weighted by molar-refractivity contribution is 0.103. The van der Waals surface area contributed by atoms with Crippen molar-refractivity contribution < 1.29 is 14.3 Å². The zero-order chi connectivity index (χ0) is 19.9. The van der Waals surface area contributed by atoms with Gasteiger partial charge in [0.1, 0.15) is 0 Å². The number of nitrogens with one attached hydrogen (secondary N) is 1. The Morgan fingerprint density at radius 3 is 2.21 bits per heavy atom. The number of carbonyl (C=O) groups is 1. The van der Waals surface area contributed by atoms with Crippen LogP contribution in [0.25, 0.3) is 0 Å². The molecule has 0 amide bonds. The highest BCUT2D eigenvalue weighted by atomic mass is 35.5. The van der Waals surface area contributed by atoms with Crippen LogP contribution >= 0.6 is 11.6 Å². The topological polar surface area (TPSA) is 47.6 Å². The van der Waals surface area contributed by atoms with Crippen molar-refractivity contribution in [3.63, 3.8) is 0 Å². The van der Waals surface area contributed by atoms with Crippen molar-refractivity contribution in [1.82, 2.24) is 0 Å². The fourth-order valence-corrected chi connectivity index (χ4v) is 3.21. The zero-order valence-electron chi connectivity index (χ0n) is 15.9. The Balaban J connectivity index is 1.92. The van der Waals surface area contributed by atoms with Crippen LogP contribution < -0.4 is 14.8 Å². The number of ether oxygens (including phenoxy) is 2. The molecule has 0 aliphatic rings. The Labute approximate surface area is 170 Å². The van der Waals surface area contributed by atoms with Gasteiger partial charge in [-0.3, -0.25) is 4.79 Å². The first kappa shape index (κ1) is 19.8. The Kier molecular flexibility index (Phi) is 6.56. The van der Waals surface area contributed by atoms with E-state index in [4.69, 9.17) is 21.1 Å². The van der Waals surface area contributed by atoms with Crippen LogP contribution in [0.15, 0.2) is 66.7 Å². The molecule has 5 heteroatoms. The normalized spacial score (nSPS) is 10.4. The van der Waals surface area contributed by atoms with E-state index in [1.165, 1.54) is 5.56 Å². The van der Waals surface area contributed by atoms with Gasteiger partial charge in [-0.2, -0.15) is 0 Å². The molecule has 0 atom stereocenters. The van der Waals surface area contributed by atoms with Crippen molar-refractivity contribution in [2.24, 2.45) is 0 Å². The van der Waals surface area contributed by atoms with Crippen molar-refractivity contribution in [2.75, 3.05) is 26.1 Å². The number of rotatable bonds is 8. The van der Waals surface area contributed by atoms with E-state index in [9.17, 15) is 4.79 Å². The van der Waals surface area contributed by atoms with E-state index in [0.717, 1.165) is 6.42 Å². The number of hydrogen-bond acceptors (Lipinski definition) is 4. The first-order chi connectivity index (χ1) is 13.6. The zero-order valence-corrected chi connectivity index (χ0v) is 16.6. The summed E-state index contributed by atoms with van der Waals surface area (Å²) in [7, 11) is 3.12. The number of anilines is 1. The van der Waals surface area contributed by atoms with E-state index in [1.54, 1.807) is 50.6 Å². The van der Waals surface area contributed by atoms with Gasteiger partial charge in [0.2, 0.25) is 0 Å². The van der Waals surface area contributed by atoms with E-state index < -0.39 is 0 Å². The van der Waals surface area contributed by atoms with Gasteiger partial charge in [0.15, 0.2) is 17.3 Å². The number of benzene rings is 3. The van der Waals surface area contributed by atoms with E-state index in [0.29, 0.717) is 39.9 Å². The van der Waals surface area contributed by atoms with Gasteiger partial charge in [-0.25, -0.2) is 0 Å². The van der Waals surface area contributed by atoms with Gasteiger partial charge >= 0.3 is 0 Å². The third-order valence-electron chi connectivity index (χ3n) is 4.46. The maximum atomic E-state index is 13.2. The van der Waals surface area contributed by atoms with Crippen molar-refractivity contribution in [3.8, 4) is 11.5 Å². The molecule has 3 aromatic carbocycles. The minimum atomic E-state index is -0.172. The molecule has 144 valence electrons. The van der Waals surface area contributed by atoms with Gasteiger partial charge < -0.3 is 14.8 Å². The molecule has 3 rings (SSSR count). The van der Waals surface area contributed by atoms with Crippen molar-refractivity contribution >= 4 is 23.1 Å². The van der Waals surface area contributed by atoms with E-state index in [-0.39, 0.29) is 5.78 Å². The second-order valence-corrected chi connectivity index (χ2v) is 6.63. The maximum absolute atomic E-state index is 13.2. The van der Waals surface area contributed by atoms with E-state index in [1.807, 2.05) is 18.2 Å². The van der Waals surface area contributed by atoms with Crippen LogP contribution in [0.3, 0.4) is 0 Å². The molecule has 3 aromatic rings. The monoisotopic (exact) mass is 395 g/mol. The Bertz CT molecular complexity index is 957. The number of carbonyl (C=O) groups excluding carboxylic acids is 1. The van der Waals surface area contributed by atoms with Crippen LogP contribution in [0.4, 0.5) is 5.69 Å². The average molecular weight is 396 g/mol. The molecule has 1 N–H and O–H groups in total. The Morgan fingerprint density at radius 2 is 1.54 bits per heavy atom. The summed E-state index contributed by atoms with van der Waals surface area (Å²) in [5, 5.41) is 3.77. The van der Waals surface area contributed by atoms with Gasteiger partial charge in [0.25, 0.3) is 0 Å². The highest BCUT2D eigenvalue weighted by Crippen LogP contribution is 2.35. The van der Waals surface area contributed by atoms with E-state index >= 15 is 0 Å². The van der Waals surface area contributed by atoms with Crippen LogP contribution in [0, 0.1) is 0 Å². The molecule has 0 fully saturated rings.